The highest BCUT2D eigenvalue weighted by Crippen LogP contribution is 2.37. The van der Waals surface area contributed by atoms with E-state index in [-0.39, 0.29) is 0 Å². The fourth-order valence-electron chi connectivity index (χ4n) is 3.12. The quantitative estimate of drug-likeness (QED) is 0.859. The third kappa shape index (κ3) is 1.77. The molecule has 3 heterocycles. The van der Waals surface area contributed by atoms with Crippen LogP contribution in [0.5, 0.6) is 0 Å². The molecular weight excluding hydrogens is 228 g/mol. The Bertz CT molecular complexity index is 454. The third-order valence-corrected chi connectivity index (χ3v) is 4.09. The molecule has 100 valence electrons. The molecule has 18 heavy (non-hydrogen) atoms. The standard InChI is InChI=1S/C13H22N4O/c1-7(2)12-11(14)13(17(3)16-12)15-9-6-8-4-5-10(9)18-8/h7-10,15H,4-6,14H2,1-3H3. The van der Waals surface area contributed by atoms with Crippen molar-refractivity contribution in [2.45, 2.75) is 57.3 Å². The molecule has 0 radical (unpaired) electrons. The van der Waals surface area contributed by atoms with E-state index in [0.29, 0.717) is 24.2 Å². The number of aryl methyl sites for hydroxylation is 1. The Morgan fingerprint density at radius 3 is 2.72 bits per heavy atom. The van der Waals surface area contributed by atoms with Crippen molar-refractivity contribution in [1.29, 1.82) is 0 Å². The second-order valence-corrected chi connectivity index (χ2v) is 5.79. The highest BCUT2D eigenvalue weighted by atomic mass is 16.5. The predicted molar refractivity (Wildman–Crippen MR) is 71.6 cm³/mol. The van der Waals surface area contributed by atoms with Crippen LogP contribution >= 0.6 is 0 Å². The molecule has 0 aromatic carbocycles. The molecular formula is C13H22N4O. The summed E-state index contributed by atoms with van der Waals surface area (Å²) in [4.78, 5) is 0. The molecule has 1 aromatic rings. The molecule has 3 N–H and O–H groups in total. The van der Waals surface area contributed by atoms with Gasteiger partial charge in [-0.05, 0) is 25.2 Å². The molecule has 3 unspecified atom stereocenters. The number of hydrogen-bond acceptors (Lipinski definition) is 4. The average molecular weight is 250 g/mol. The smallest absolute Gasteiger partial charge is 0.148 e. The van der Waals surface area contributed by atoms with Gasteiger partial charge in [0.25, 0.3) is 0 Å². The first-order chi connectivity index (χ1) is 8.56. The fourth-order valence-corrected chi connectivity index (χ4v) is 3.12. The molecule has 3 rings (SSSR count). The van der Waals surface area contributed by atoms with Crippen LogP contribution in [0.3, 0.4) is 0 Å². The summed E-state index contributed by atoms with van der Waals surface area (Å²) in [5, 5.41) is 8.04. The maximum absolute atomic E-state index is 6.19. The first-order valence-corrected chi connectivity index (χ1v) is 6.80. The highest BCUT2D eigenvalue weighted by molar-refractivity contribution is 5.66. The molecule has 5 heteroatoms. The number of aromatic nitrogens is 2. The van der Waals surface area contributed by atoms with E-state index in [0.717, 1.165) is 30.0 Å². The van der Waals surface area contributed by atoms with Crippen LogP contribution in [-0.4, -0.2) is 28.0 Å². The van der Waals surface area contributed by atoms with Gasteiger partial charge in [-0.25, -0.2) is 0 Å². The summed E-state index contributed by atoms with van der Waals surface area (Å²) in [6, 6.07) is 0.390. The molecule has 0 aliphatic carbocycles. The molecule has 0 amide bonds. The van der Waals surface area contributed by atoms with E-state index >= 15 is 0 Å². The average Bonchev–Trinajstić information content (AvgIpc) is 2.98. The summed E-state index contributed by atoms with van der Waals surface area (Å²) in [7, 11) is 1.94. The van der Waals surface area contributed by atoms with Crippen molar-refractivity contribution in [3.63, 3.8) is 0 Å². The van der Waals surface area contributed by atoms with Gasteiger partial charge in [-0.3, -0.25) is 4.68 Å². The molecule has 2 bridgehead atoms. The lowest BCUT2D eigenvalue weighted by atomic mass is 9.95. The molecule has 3 atom stereocenters. The minimum Gasteiger partial charge on any atom is -0.394 e. The maximum Gasteiger partial charge on any atom is 0.148 e. The van der Waals surface area contributed by atoms with E-state index in [9.17, 15) is 0 Å². The molecule has 0 spiro atoms. The SMILES string of the molecule is CC(C)c1nn(C)c(NC2CC3CCC2O3)c1N. The van der Waals surface area contributed by atoms with E-state index in [1.807, 2.05) is 11.7 Å². The van der Waals surface area contributed by atoms with E-state index in [1.165, 1.54) is 6.42 Å². The number of nitrogens with two attached hydrogens (primary N) is 1. The number of nitrogen functional groups attached to an aromatic ring is 1. The van der Waals surface area contributed by atoms with Crippen molar-refractivity contribution < 1.29 is 4.74 Å². The van der Waals surface area contributed by atoms with Crippen LogP contribution in [0.4, 0.5) is 11.5 Å². The number of rotatable bonds is 3. The van der Waals surface area contributed by atoms with Gasteiger partial charge in [-0.15, -0.1) is 0 Å². The number of ether oxygens (including phenoxy) is 1. The summed E-state index contributed by atoms with van der Waals surface area (Å²) in [6.45, 7) is 4.23. The summed E-state index contributed by atoms with van der Waals surface area (Å²) in [5.41, 5.74) is 7.96. The normalized spacial score (nSPS) is 30.3. The second kappa shape index (κ2) is 4.16. The van der Waals surface area contributed by atoms with E-state index in [4.69, 9.17) is 10.5 Å². The largest absolute Gasteiger partial charge is 0.394 e. The Morgan fingerprint density at radius 2 is 2.22 bits per heavy atom. The minimum atomic E-state index is 0.350. The van der Waals surface area contributed by atoms with Gasteiger partial charge in [0.15, 0.2) is 0 Å². The topological polar surface area (TPSA) is 65.1 Å². The van der Waals surface area contributed by atoms with E-state index in [1.54, 1.807) is 0 Å². The van der Waals surface area contributed by atoms with Crippen LogP contribution < -0.4 is 11.1 Å². The zero-order valence-electron chi connectivity index (χ0n) is 11.3. The van der Waals surface area contributed by atoms with Crippen molar-refractivity contribution in [2.75, 3.05) is 11.1 Å². The molecule has 5 nitrogen and oxygen atoms in total. The second-order valence-electron chi connectivity index (χ2n) is 5.79. The fraction of sp³-hybridized carbons (Fsp3) is 0.769. The summed E-state index contributed by atoms with van der Waals surface area (Å²) in [6.07, 6.45) is 4.27. The lowest BCUT2D eigenvalue weighted by Crippen LogP contribution is -2.31. The van der Waals surface area contributed by atoms with Crippen LogP contribution in [0.25, 0.3) is 0 Å². The van der Waals surface area contributed by atoms with Crippen molar-refractivity contribution in [3.05, 3.63) is 5.69 Å². The molecule has 0 saturated carbocycles. The van der Waals surface area contributed by atoms with Crippen molar-refractivity contribution >= 4 is 11.5 Å². The Balaban J connectivity index is 1.80. The monoisotopic (exact) mass is 250 g/mol. The van der Waals surface area contributed by atoms with Crippen LogP contribution in [0, 0.1) is 0 Å². The maximum atomic E-state index is 6.19. The Labute approximate surface area is 108 Å². The van der Waals surface area contributed by atoms with Crippen LogP contribution in [0.15, 0.2) is 0 Å². The first kappa shape index (κ1) is 11.8. The van der Waals surface area contributed by atoms with Gasteiger partial charge < -0.3 is 15.8 Å². The van der Waals surface area contributed by atoms with Crippen molar-refractivity contribution in [3.8, 4) is 0 Å². The van der Waals surface area contributed by atoms with Gasteiger partial charge in [-0.1, -0.05) is 13.8 Å². The number of nitrogens with zero attached hydrogens (tertiary/aromatic N) is 2. The number of fused-ring (bicyclic) bond motifs is 2. The Kier molecular flexibility index (Phi) is 2.73. The Morgan fingerprint density at radius 1 is 1.44 bits per heavy atom. The van der Waals surface area contributed by atoms with Crippen LogP contribution in [-0.2, 0) is 11.8 Å². The first-order valence-electron chi connectivity index (χ1n) is 6.80. The summed E-state index contributed by atoms with van der Waals surface area (Å²) in [5.74, 6) is 1.29. The third-order valence-electron chi connectivity index (χ3n) is 4.09. The zero-order valence-corrected chi connectivity index (χ0v) is 11.3. The van der Waals surface area contributed by atoms with Gasteiger partial charge >= 0.3 is 0 Å². The number of anilines is 2. The van der Waals surface area contributed by atoms with Gasteiger partial charge in [-0.2, -0.15) is 5.10 Å². The van der Waals surface area contributed by atoms with Gasteiger partial charge in [0, 0.05) is 7.05 Å². The van der Waals surface area contributed by atoms with Gasteiger partial charge in [0.1, 0.15) is 5.82 Å². The van der Waals surface area contributed by atoms with Crippen LogP contribution in [0.2, 0.25) is 0 Å². The summed E-state index contributed by atoms with van der Waals surface area (Å²) < 4.78 is 7.72. The molecule has 2 aliphatic heterocycles. The number of hydrogen-bond donors (Lipinski definition) is 2. The molecule has 1 aromatic heterocycles. The Hall–Kier alpha value is -1.23. The van der Waals surface area contributed by atoms with Crippen molar-refractivity contribution in [2.24, 2.45) is 7.05 Å². The zero-order chi connectivity index (χ0) is 12.9. The number of nitrogens with one attached hydrogen (secondary N) is 1. The minimum absolute atomic E-state index is 0.350. The highest BCUT2D eigenvalue weighted by Gasteiger charge is 2.41. The van der Waals surface area contributed by atoms with Gasteiger partial charge in [0.2, 0.25) is 0 Å². The van der Waals surface area contributed by atoms with Crippen LogP contribution in [0.1, 0.15) is 44.7 Å². The molecule has 2 fully saturated rings. The van der Waals surface area contributed by atoms with Crippen molar-refractivity contribution in [1.82, 2.24) is 9.78 Å². The predicted octanol–water partition coefficient (Wildman–Crippen LogP) is 1.86. The molecule has 2 saturated heterocycles. The lowest BCUT2D eigenvalue weighted by Gasteiger charge is -2.21. The van der Waals surface area contributed by atoms with E-state index in [2.05, 4.69) is 24.3 Å². The van der Waals surface area contributed by atoms with E-state index < -0.39 is 0 Å². The van der Waals surface area contributed by atoms with Gasteiger partial charge in [0.05, 0.1) is 29.6 Å². The molecule has 2 aliphatic rings. The lowest BCUT2D eigenvalue weighted by molar-refractivity contribution is 0.102. The summed E-state index contributed by atoms with van der Waals surface area (Å²) >= 11 is 0.